The van der Waals surface area contributed by atoms with Gasteiger partial charge in [0.25, 0.3) is 0 Å². The summed E-state index contributed by atoms with van der Waals surface area (Å²) in [7, 11) is 0. The zero-order chi connectivity index (χ0) is 14.5. The van der Waals surface area contributed by atoms with E-state index in [0.29, 0.717) is 0 Å². The highest BCUT2D eigenvalue weighted by atomic mass is 16.2. The molecule has 1 aliphatic rings. The number of nitrogens with one attached hydrogen (secondary N) is 1. The second kappa shape index (κ2) is 6.78. The Bertz CT molecular complexity index is 450. The van der Waals surface area contributed by atoms with Gasteiger partial charge in [0.05, 0.1) is 0 Å². The van der Waals surface area contributed by atoms with Gasteiger partial charge in [-0.1, -0.05) is 26.0 Å². The van der Waals surface area contributed by atoms with Crippen LogP contribution in [0.25, 0.3) is 0 Å². The molecule has 1 fully saturated rings. The monoisotopic (exact) mass is 274 g/mol. The van der Waals surface area contributed by atoms with Crippen molar-refractivity contribution < 1.29 is 4.79 Å². The zero-order valence-corrected chi connectivity index (χ0v) is 12.9. The standard InChI is InChI=1S/C17H26N2O/c1-4-15-6-5-7-16(12-15)18-14(3)17(20)19-10-8-13(2)9-11-19/h5-7,12-14,18H,4,8-11H2,1-3H3. The van der Waals surface area contributed by atoms with E-state index in [2.05, 4.69) is 31.3 Å². The molecule has 1 aliphatic heterocycles. The molecule has 1 unspecified atom stereocenters. The van der Waals surface area contributed by atoms with Crippen molar-refractivity contribution in [3.8, 4) is 0 Å². The van der Waals surface area contributed by atoms with Crippen molar-refractivity contribution in [1.82, 2.24) is 4.90 Å². The van der Waals surface area contributed by atoms with Gasteiger partial charge < -0.3 is 10.2 Å². The van der Waals surface area contributed by atoms with Gasteiger partial charge in [0.15, 0.2) is 0 Å². The lowest BCUT2D eigenvalue weighted by atomic mass is 9.99. The SMILES string of the molecule is CCc1cccc(NC(C)C(=O)N2CCC(C)CC2)c1. The molecular weight excluding hydrogens is 248 g/mol. The van der Waals surface area contributed by atoms with Gasteiger partial charge >= 0.3 is 0 Å². The molecule has 2 rings (SSSR count). The van der Waals surface area contributed by atoms with Crippen molar-refractivity contribution in [2.75, 3.05) is 18.4 Å². The first-order chi connectivity index (χ1) is 9.60. The Balaban J connectivity index is 1.93. The average molecular weight is 274 g/mol. The molecule has 0 spiro atoms. The summed E-state index contributed by atoms with van der Waals surface area (Å²) in [6, 6.07) is 8.16. The third-order valence-corrected chi connectivity index (χ3v) is 4.18. The van der Waals surface area contributed by atoms with Crippen molar-refractivity contribution in [1.29, 1.82) is 0 Å². The topological polar surface area (TPSA) is 32.3 Å². The van der Waals surface area contributed by atoms with Gasteiger partial charge in [0, 0.05) is 18.8 Å². The largest absolute Gasteiger partial charge is 0.374 e. The van der Waals surface area contributed by atoms with E-state index < -0.39 is 0 Å². The average Bonchev–Trinajstić information content (AvgIpc) is 2.47. The zero-order valence-electron chi connectivity index (χ0n) is 12.9. The molecule has 1 aromatic carbocycles. The Morgan fingerprint density at radius 2 is 2.10 bits per heavy atom. The Morgan fingerprint density at radius 3 is 2.75 bits per heavy atom. The maximum Gasteiger partial charge on any atom is 0.244 e. The van der Waals surface area contributed by atoms with Crippen molar-refractivity contribution in [2.45, 2.75) is 46.1 Å². The van der Waals surface area contributed by atoms with E-state index in [-0.39, 0.29) is 11.9 Å². The number of nitrogens with zero attached hydrogens (tertiary/aromatic N) is 1. The van der Waals surface area contributed by atoms with E-state index in [1.165, 1.54) is 5.56 Å². The predicted octanol–water partition coefficient (Wildman–Crippen LogP) is 3.31. The molecular formula is C17H26N2O. The van der Waals surface area contributed by atoms with Crippen LogP contribution in [0.15, 0.2) is 24.3 Å². The van der Waals surface area contributed by atoms with Gasteiger partial charge in [-0.05, 0) is 49.8 Å². The Morgan fingerprint density at radius 1 is 1.40 bits per heavy atom. The number of likely N-dealkylation sites (tertiary alicyclic amines) is 1. The fourth-order valence-corrected chi connectivity index (χ4v) is 2.70. The normalized spacial score (nSPS) is 17.9. The Kier molecular flexibility index (Phi) is 5.05. The molecule has 0 bridgehead atoms. The summed E-state index contributed by atoms with van der Waals surface area (Å²) in [5.41, 5.74) is 2.33. The number of hydrogen-bond donors (Lipinski definition) is 1. The van der Waals surface area contributed by atoms with Crippen LogP contribution in [0, 0.1) is 5.92 Å². The van der Waals surface area contributed by atoms with Gasteiger partial charge in [-0.15, -0.1) is 0 Å². The molecule has 0 saturated carbocycles. The van der Waals surface area contributed by atoms with E-state index in [4.69, 9.17) is 0 Å². The van der Waals surface area contributed by atoms with Gasteiger partial charge in [-0.2, -0.15) is 0 Å². The quantitative estimate of drug-likeness (QED) is 0.913. The molecule has 1 N–H and O–H groups in total. The lowest BCUT2D eigenvalue weighted by molar-refractivity contribution is -0.132. The van der Waals surface area contributed by atoms with Gasteiger partial charge in [0.1, 0.15) is 6.04 Å². The van der Waals surface area contributed by atoms with E-state index in [1.54, 1.807) is 0 Å². The second-order valence-corrected chi connectivity index (χ2v) is 5.93. The Labute approximate surface area is 122 Å². The Hall–Kier alpha value is -1.51. The fourth-order valence-electron chi connectivity index (χ4n) is 2.70. The number of amides is 1. The lowest BCUT2D eigenvalue weighted by Crippen LogP contribution is -2.45. The highest BCUT2D eigenvalue weighted by Gasteiger charge is 2.24. The first-order valence-electron chi connectivity index (χ1n) is 7.74. The molecule has 1 aromatic rings. The molecule has 1 amide bonds. The van der Waals surface area contributed by atoms with E-state index >= 15 is 0 Å². The van der Waals surface area contributed by atoms with Crippen LogP contribution in [-0.4, -0.2) is 29.9 Å². The van der Waals surface area contributed by atoms with E-state index in [1.807, 2.05) is 24.0 Å². The van der Waals surface area contributed by atoms with Gasteiger partial charge in [0.2, 0.25) is 5.91 Å². The molecule has 20 heavy (non-hydrogen) atoms. The fraction of sp³-hybridized carbons (Fsp3) is 0.588. The maximum absolute atomic E-state index is 12.4. The summed E-state index contributed by atoms with van der Waals surface area (Å²) in [6.45, 7) is 8.17. The summed E-state index contributed by atoms with van der Waals surface area (Å²) in [5.74, 6) is 0.974. The molecule has 1 heterocycles. The first kappa shape index (κ1) is 14.9. The summed E-state index contributed by atoms with van der Waals surface area (Å²) in [4.78, 5) is 14.4. The second-order valence-electron chi connectivity index (χ2n) is 5.93. The molecule has 110 valence electrons. The summed E-state index contributed by atoms with van der Waals surface area (Å²) < 4.78 is 0. The van der Waals surface area contributed by atoms with Crippen LogP contribution in [0.1, 0.15) is 39.2 Å². The number of anilines is 1. The van der Waals surface area contributed by atoms with Crippen molar-refractivity contribution in [2.24, 2.45) is 5.92 Å². The van der Waals surface area contributed by atoms with Crippen LogP contribution in [0.2, 0.25) is 0 Å². The molecule has 1 atom stereocenters. The highest BCUT2D eigenvalue weighted by molar-refractivity contribution is 5.84. The number of aryl methyl sites for hydroxylation is 1. The lowest BCUT2D eigenvalue weighted by Gasteiger charge is -2.32. The van der Waals surface area contributed by atoms with Crippen molar-refractivity contribution >= 4 is 11.6 Å². The molecule has 0 aliphatic carbocycles. The molecule has 1 saturated heterocycles. The van der Waals surface area contributed by atoms with Crippen molar-refractivity contribution in [3.63, 3.8) is 0 Å². The van der Waals surface area contributed by atoms with Crippen LogP contribution in [0.4, 0.5) is 5.69 Å². The predicted molar refractivity (Wildman–Crippen MR) is 83.9 cm³/mol. The molecule has 0 aromatic heterocycles. The minimum atomic E-state index is -0.157. The maximum atomic E-state index is 12.4. The number of benzene rings is 1. The van der Waals surface area contributed by atoms with E-state index in [0.717, 1.165) is 44.0 Å². The summed E-state index contributed by atoms with van der Waals surface area (Å²) in [6.07, 6.45) is 3.27. The summed E-state index contributed by atoms with van der Waals surface area (Å²) >= 11 is 0. The number of hydrogen-bond acceptors (Lipinski definition) is 2. The minimum Gasteiger partial charge on any atom is -0.374 e. The van der Waals surface area contributed by atoms with Gasteiger partial charge in [-0.25, -0.2) is 0 Å². The third-order valence-electron chi connectivity index (χ3n) is 4.18. The highest BCUT2D eigenvalue weighted by Crippen LogP contribution is 2.18. The van der Waals surface area contributed by atoms with Gasteiger partial charge in [-0.3, -0.25) is 4.79 Å². The number of rotatable bonds is 4. The van der Waals surface area contributed by atoms with E-state index in [9.17, 15) is 4.79 Å². The number of carbonyl (C=O) groups excluding carboxylic acids is 1. The first-order valence-corrected chi connectivity index (χ1v) is 7.74. The van der Waals surface area contributed by atoms with Crippen LogP contribution < -0.4 is 5.32 Å². The van der Waals surface area contributed by atoms with Crippen LogP contribution >= 0.6 is 0 Å². The third kappa shape index (κ3) is 3.75. The number of carbonyl (C=O) groups is 1. The van der Waals surface area contributed by atoms with Crippen LogP contribution in [0.3, 0.4) is 0 Å². The number of piperidine rings is 1. The van der Waals surface area contributed by atoms with Crippen molar-refractivity contribution in [3.05, 3.63) is 29.8 Å². The minimum absolute atomic E-state index is 0.157. The summed E-state index contributed by atoms with van der Waals surface area (Å²) in [5, 5.41) is 3.33. The van der Waals surface area contributed by atoms with Crippen LogP contribution in [-0.2, 0) is 11.2 Å². The molecule has 3 heteroatoms. The van der Waals surface area contributed by atoms with Crippen LogP contribution in [0.5, 0.6) is 0 Å². The smallest absolute Gasteiger partial charge is 0.244 e. The molecule has 3 nitrogen and oxygen atoms in total. The molecule has 0 radical (unpaired) electrons.